The normalized spacial score (nSPS) is 17.1. The Morgan fingerprint density at radius 3 is 2.79 bits per heavy atom. The lowest BCUT2D eigenvalue weighted by Gasteiger charge is -2.29. The summed E-state index contributed by atoms with van der Waals surface area (Å²) in [5.41, 5.74) is 0.676. The van der Waals surface area contributed by atoms with Crippen LogP contribution in [0.2, 0.25) is 0 Å². The average molecular weight is 349 g/mol. The number of carbonyl (C=O) groups is 1. The van der Waals surface area contributed by atoms with Crippen molar-refractivity contribution in [3.05, 3.63) is 28.2 Å². The lowest BCUT2D eigenvalue weighted by Crippen LogP contribution is -2.42. The van der Waals surface area contributed by atoms with Gasteiger partial charge in [0.1, 0.15) is 11.1 Å². The number of ether oxygens (including phenoxy) is 2. The third-order valence-corrected chi connectivity index (χ3v) is 3.92. The maximum atomic E-state index is 12.3. The van der Waals surface area contributed by atoms with Crippen LogP contribution in [0, 0.1) is 0 Å². The Hall–Kier alpha value is -0.780. The molecule has 1 aliphatic rings. The summed E-state index contributed by atoms with van der Waals surface area (Å²) in [6.07, 6.45) is 0. The molecule has 1 aromatic carbocycles. The minimum atomic E-state index is -0.745. The summed E-state index contributed by atoms with van der Waals surface area (Å²) in [7, 11) is 1.57. The predicted molar refractivity (Wildman–Crippen MR) is 76.7 cm³/mol. The van der Waals surface area contributed by atoms with Gasteiger partial charge in [0.25, 0.3) is 0 Å². The van der Waals surface area contributed by atoms with Crippen LogP contribution in [0.25, 0.3) is 0 Å². The molecule has 1 saturated heterocycles. The van der Waals surface area contributed by atoms with Crippen molar-refractivity contribution in [1.82, 2.24) is 4.90 Å². The second kappa shape index (κ2) is 6.59. The number of rotatable bonds is 3. The third-order valence-electron chi connectivity index (χ3n) is 3.00. The molecular weight excluding hydrogens is 334 g/mol. The highest BCUT2D eigenvalue weighted by Crippen LogP contribution is 2.33. The first-order valence-electron chi connectivity index (χ1n) is 5.97. The Morgan fingerprint density at radius 2 is 2.16 bits per heavy atom. The van der Waals surface area contributed by atoms with Gasteiger partial charge in [-0.2, -0.15) is 0 Å². The zero-order valence-corrected chi connectivity index (χ0v) is 12.9. The Morgan fingerprint density at radius 1 is 1.47 bits per heavy atom. The number of amides is 1. The molecule has 1 fully saturated rings. The lowest BCUT2D eigenvalue weighted by molar-refractivity contribution is -0.135. The standard InChI is InChI=1S/C13H15BrClNO3/c1-18-11-3-2-9(14)8-10(11)12(15)13(17)16-4-6-19-7-5-16/h2-3,8,12H,4-7H2,1H3. The topological polar surface area (TPSA) is 38.8 Å². The molecule has 0 aliphatic carbocycles. The van der Waals surface area contributed by atoms with Gasteiger partial charge >= 0.3 is 0 Å². The highest BCUT2D eigenvalue weighted by Gasteiger charge is 2.27. The van der Waals surface area contributed by atoms with Gasteiger partial charge in [0.15, 0.2) is 0 Å². The number of alkyl halides is 1. The van der Waals surface area contributed by atoms with E-state index in [1.807, 2.05) is 12.1 Å². The lowest BCUT2D eigenvalue weighted by atomic mass is 10.1. The van der Waals surface area contributed by atoms with E-state index in [-0.39, 0.29) is 5.91 Å². The van der Waals surface area contributed by atoms with Crippen molar-refractivity contribution in [2.45, 2.75) is 5.38 Å². The number of morpholine rings is 1. The second-order valence-electron chi connectivity index (χ2n) is 4.19. The molecule has 0 aromatic heterocycles. The Balaban J connectivity index is 2.20. The van der Waals surface area contributed by atoms with Crippen molar-refractivity contribution in [3.8, 4) is 5.75 Å². The predicted octanol–water partition coefficient (Wildman–Crippen LogP) is 2.60. The van der Waals surface area contributed by atoms with Crippen LogP contribution in [-0.4, -0.2) is 44.2 Å². The van der Waals surface area contributed by atoms with Crippen LogP contribution in [0.4, 0.5) is 0 Å². The van der Waals surface area contributed by atoms with E-state index in [2.05, 4.69) is 15.9 Å². The zero-order chi connectivity index (χ0) is 13.8. The summed E-state index contributed by atoms with van der Waals surface area (Å²) in [4.78, 5) is 14.1. The third kappa shape index (κ3) is 3.41. The highest BCUT2D eigenvalue weighted by molar-refractivity contribution is 9.10. The molecule has 0 radical (unpaired) electrons. The van der Waals surface area contributed by atoms with Crippen LogP contribution in [0.15, 0.2) is 22.7 Å². The largest absolute Gasteiger partial charge is 0.496 e. The first-order chi connectivity index (χ1) is 9.13. The van der Waals surface area contributed by atoms with Crippen molar-refractivity contribution in [3.63, 3.8) is 0 Å². The Bertz CT molecular complexity index is 463. The van der Waals surface area contributed by atoms with Crippen molar-refractivity contribution in [2.24, 2.45) is 0 Å². The number of carbonyl (C=O) groups excluding carboxylic acids is 1. The van der Waals surface area contributed by atoms with Crippen LogP contribution < -0.4 is 4.74 Å². The molecule has 0 saturated carbocycles. The molecule has 4 nitrogen and oxygen atoms in total. The fraction of sp³-hybridized carbons (Fsp3) is 0.462. The number of methoxy groups -OCH3 is 1. The SMILES string of the molecule is COc1ccc(Br)cc1C(Cl)C(=O)N1CCOCC1. The number of halogens is 2. The molecule has 6 heteroatoms. The molecule has 1 atom stereocenters. The molecule has 1 unspecified atom stereocenters. The molecule has 1 aliphatic heterocycles. The van der Waals surface area contributed by atoms with E-state index in [4.69, 9.17) is 21.1 Å². The van der Waals surface area contributed by atoms with E-state index in [9.17, 15) is 4.79 Å². The molecule has 1 aromatic rings. The molecule has 19 heavy (non-hydrogen) atoms. The summed E-state index contributed by atoms with van der Waals surface area (Å²) in [5.74, 6) is 0.506. The number of nitrogens with zero attached hydrogens (tertiary/aromatic N) is 1. The minimum Gasteiger partial charge on any atom is -0.496 e. The van der Waals surface area contributed by atoms with Crippen LogP contribution >= 0.6 is 27.5 Å². The summed E-state index contributed by atoms with van der Waals surface area (Å²) in [6.45, 7) is 2.28. The molecule has 0 spiro atoms. The maximum absolute atomic E-state index is 12.3. The van der Waals surface area contributed by atoms with Gasteiger partial charge in [-0.1, -0.05) is 15.9 Å². The molecular formula is C13H15BrClNO3. The van der Waals surface area contributed by atoms with Gasteiger partial charge in [-0.3, -0.25) is 4.79 Å². The summed E-state index contributed by atoms with van der Waals surface area (Å²) in [6, 6.07) is 5.46. The molecule has 1 heterocycles. The van der Waals surface area contributed by atoms with Crippen LogP contribution in [0.3, 0.4) is 0 Å². The number of hydrogen-bond acceptors (Lipinski definition) is 3. The fourth-order valence-corrected chi connectivity index (χ4v) is 2.67. The van der Waals surface area contributed by atoms with Gasteiger partial charge in [-0.15, -0.1) is 11.6 Å². The van der Waals surface area contributed by atoms with Gasteiger partial charge in [-0.25, -0.2) is 0 Å². The van der Waals surface area contributed by atoms with E-state index in [1.165, 1.54) is 0 Å². The quantitative estimate of drug-likeness (QED) is 0.788. The van der Waals surface area contributed by atoms with Gasteiger partial charge in [0.2, 0.25) is 5.91 Å². The molecule has 104 valence electrons. The second-order valence-corrected chi connectivity index (χ2v) is 5.54. The van der Waals surface area contributed by atoms with Gasteiger partial charge in [0, 0.05) is 23.1 Å². The van der Waals surface area contributed by atoms with Crippen molar-refractivity contribution < 1.29 is 14.3 Å². The monoisotopic (exact) mass is 347 g/mol. The van der Waals surface area contributed by atoms with Crippen molar-refractivity contribution >= 4 is 33.4 Å². The molecule has 0 N–H and O–H groups in total. The van der Waals surface area contributed by atoms with E-state index in [0.717, 1.165) is 4.47 Å². The van der Waals surface area contributed by atoms with Crippen LogP contribution in [0.5, 0.6) is 5.75 Å². The van der Waals surface area contributed by atoms with Crippen LogP contribution in [0.1, 0.15) is 10.9 Å². The smallest absolute Gasteiger partial charge is 0.245 e. The van der Waals surface area contributed by atoms with Gasteiger partial charge in [0.05, 0.1) is 20.3 Å². The van der Waals surface area contributed by atoms with E-state index >= 15 is 0 Å². The summed E-state index contributed by atoms with van der Waals surface area (Å²) >= 11 is 9.69. The average Bonchev–Trinajstić information content (AvgIpc) is 2.46. The van der Waals surface area contributed by atoms with Crippen molar-refractivity contribution in [1.29, 1.82) is 0 Å². The first kappa shape index (κ1) is 14.6. The maximum Gasteiger partial charge on any atom is 0.245 e. The molecule has 2 rings (SSSR count). The minimum absolute atomic E-state index is 0.110. The van der Waals surface area contributed by atoms with E-state index in [1.54, 1.807) is 18.1 Å². The zero-order valence-electron chi connectivity index (χ0n) is 10.6. The molecule has 0 bridgehead atoms. The Labute approximate surface area is 125 Å². The molecule has 1 amide bonds. The summed E-state index contributed by atoms with van der Waals surface area (Å²) < 4.78 is 11.4. The highest BCUT2D eigenvalue weighted by atomic mass is 79.9. The van der Waals surface area contributed by atoms with Crippen molar-refractivity contribution in [2.75, 3.05) is 33.4 Å². The van der Waals surface area contributed by atoms with Gasteiger partial charge < -0.3 is 14.4 Å². The first-order valence-corrected chi connectivity index (χ1v) is 7.20. The van der Waals surface area contributed by atoms with E-state index in [0.29, 0.717) is 37.6 Å². The number of benzene rings is 1. The van der Waals surface area contributed by atoms with Gasteiger partial charge in [-0.05, 0) is 18.2 Å². The summed E-state index contributed by atoms with van der Waals surface area (Å²) in [5, 5.41) is -0.745. The fourth-order valence-electron chi connectivity index (χ4n) is 1.98. The number of hydrogen-bond donors (Lipinski definition) is 0. The van der Waals surface area contributed by atoms with Crippen LogP contribution in [-0.2, 0) is 9.53 Å². The van der Waals surface area contributed by atoms with E-state index < -0.39 is 5.38 Å². The Kier molecular flexibility index (Phi) is 5.07.